The van der Waals surface area contributed by atoms with Gasteiger partial charge in [-0.15, -0.1) is 0 Å². The van der Waals surface area contributed by atoms with Crippen molar-refractivity contribution in [3.63, 3.8) is 0 Å². The highest BCUT2D eigenvalue weighted by molar-refractivity contribution is 7.87. The smallest absolute Gasteiger partial charge is 0.339 e. The molecule has 1 aromatic heterocycles. The van der Waals surface area contributed by atoms with Gasteiger partial charge in [0.05, 0.1) is 16.0 Å². The zero-order chi connectivity index (χ0) is 22.9. The predicted molar refractivity (Wildman–Crippen MR) is 114 cm³/mol. The number of nitrogens with zero attached hydrogens (tertiary/aromatic N) is 1. The number of benzene rings is 3. The molecule has 1 heterocycles. The first-order valence-corrected chi connectivity index (χ1v) is 10.4. The number of H-pyrrole nitrogens is 2. The van der Waals surface area contributed by atoms with Crippen molar-refractivity contribution in [2.45, 2.75) is 4.90 Å². The maximum atomic E-state index is 12.5. The maximum absolute atomic E-state index is 12.5. The van der Waals surface area contributed by atoms with Crippen LogP contribution in [0.4, 0.5) is 11.4 Å². The first-order chi connectivity index (χ1) is 15.2. The standard InChI is InChI=1S/C20H14N4O7S/c25-19(21-13-6-9-17-18(10-13)23-20(26)22-17)12-4-7-15(8-5-12)31-32(29,30)16-3-1-2-14(11-16)24(27)28/h1-11H,(H,21,25)(H2,22,23,26). The van der Waals surface area contributed by atoms with E-state index in [1.807, 2.05) is 0 Å². The second-order valence-electron chi connectivity index (χ2n) is 6.61. The second-order valence-corrected chi connectivity index (χ2v) is 8.16. The molecule has 162 valence electrons. The van der Waals surface area contributed by atoms with Gasteiger partial charge < -0.3 is 19.5 Å². The van der Waals surface area contributed by atoms with E-state index in [2.05, 4.69) is 15.3 Å². The van der Waals surface area contributed by atoms with Gasteiger partial charge in [0.2, 0.25) is 0 Å². The molecular formula is C20H14N4O7S. The highest BCUT2D eigenvalue weighted by atomic mass is 32.2. The quantitative estimate of drug-likeness (QED) is 0.229. The molecule has 0 spiro atoms. The van der Waals surface area contributed by atoms with Gasteiger partial charge in [-0.05, 0) is 48.5 Å². The summed E-state index contributed by atoms with van der Waals surface area (Å²) in [6, 6.07) is 14.6. The molecule has 3 N–H and O–H groups in total. The summed E-state index contributed by atoms with van der Waals surface area (Å²) in [6.07, 6.45) is 0. The number of anilines is 1. The predicted octanol–water partition coefficient (Wildman–Crippen LogP) is 2.78. The number of nitro groups is 1. The Bertz CT molecular complexity index is 1500. The minimum Gasteiger partial charge on any atom is -0.379 e. The third-order valence-electron chi connectivity index (χ3n) is 4.41. The summed E-state index contributed by atoms with van der Waals surface area (Å²) >= 11 is 0. The van der Waals surface area contributed by atoms with Gasteiger partial charge in [0.1, 0.15) is 10.6 Å². The molecular weight excluding hydrogens is 440 g/mol. The number of non-ortho nitro benzene ring substituents is 1. The van der Waals surface area contributed by atoms with Gasteiger partial charge in [0.15, 0.2) is 0 Å². The van der Waals surface area contributed by atoms with Crippen LogP contribution in [0.25, 0.3) is 11.0 Å². The number of fused-ring (bicyclic) bond motifs is 1. The molecule has 0 atom stereocenters. The van der Waals surface area contributed by atoms with Gasteiger partial charge in [-0.3, -0.25) is 14.9 Å². The Hall–Kier alpha value is -4.45. The fourth-order valence-electron chi connectivity index (χ4n) is 2.90. The second kappa shape index (κ2) is 8.00. The van der Waals surface area contributed by atoms with Crippen molar-refractivity contribution in [2.24, 2.45) is 0 Å². The molecule has 11 nitrogen and oxygen atoms in total. The molecule has 0 fully saturated rings. The number of amides is 1. The van der Waals surface area contributed by atoms with Gasteiger partial charge in [-0.25, -0.2) is 4.79 Å². The first kappa shape index (κ1) is 20.8. The van der Waals surface area contributed by atoms with Crippen LogP contribution in [0.15, 0.2) is 76.4 Å². The number of rotatable bonds is 6. The maximum Gasteiger partial charge on any atom is 0.339 e. The van der Waals surface area contributed by atoms with Crippen LogP contribution in [-0.2, 0) is 10.1 Å². The molecule has 4 aromatic rings. The van der Waals surface area contributed by atoms with Crippen molar-refractivity contribution in [1.29, 1.82) is 0 Å². The summed E-state index contributed by atoms with van der Waals surface area (Å²) in [5.74, 6) is -0.533. The summed E-state index contributed by atoms with van der Waals surface area (Å²) in [5, 5.41) is 13.5. The lowest BCUT2D eigenvalue weighted by Crippen LogP contribution is -2.12. The molecule has 1 amide bonds. The average molecular weight is 454 g/mol. The Balaban J connectivity index is 1.48. The highest BCUT2D eigenvalue weighted by Crippen LogP contribution is 2.23. The molecule has 0 saturated carbocycles. The summed E-state index contributed by atoms with van der Waals surface area (Å²) in [6.45, 7) is 0. The van der Waals surface area contributed by atoms with E-state index in [1.165, 1.54) is 36.4 Å². The van der Waals surface area contributed by atoms with Crippen LogP contribution in [-0.4, -0.2) is 29.2 Å². The lowest BCUT2D eigenvalue weighted by atomic mass is 10.2. The van der Waals surface area contributed by atoms with Gasteiger partial charge in [0.25, 0.3) is 11.6 Å². The largest absolute Gasteiger partial charge is 0.379 e. The Morgan fingerprint density at radius 2 is 1.69 bits per heavy atom. The normalized spacial score (nSPS) is 11.2. The number of carbonyl (C=O) groups is 1. The van der Waals surface area contributed by atoms with Gasteiger partial charge in [-0.1, -0.05) is 6.07 Å². The Morgan fingerprint density at radius 3 is 2.41 bits per heavy atom. The number of hydrogen-bond donors (Lipinski definition) is 3. The van der Waals surface area contributed by atoms with Crippen molar-refractivity contribution in [3.8, 4) is 5.75 Å². The highest BCUT2D eigenvalue weighted by Gasteiger charge is 2.20. The number of nitro benzene ring substituents is 1. The zero-order valence-corrected chi connectivity index (χ0v) is 16.9. The lowest BCUT2D eigenvalue weighted by molar-refractivity contribution is -0.385. The topological polar surface area (TPSA) is 164 Å². The Kier molecular flexibility index (Phi) is 5.20. The fraction of sp³-hybridized carbons (Fsp3) is 0. The average Bonchev–Trinajstić information content (AvgIpc) is 3.13. The molecule has 0 aliphatic rings. The van der Waals surface area contributed by atoms with Crippen molar-refractivity contribution in [3.05, 3.63) is 92.9 Å². The van der Waals surface area contributed by atoms with E-state index in [-0.39, 0.29) is 27.6 Å². The van der Waals surface area contributed by atoms with Crippen LogP contribution in [0, 0.1) is 10.1 Å². The summed E-state index contributed by atoms with van der Waals surface area (Å²) in [7, 11) is -4.31. The molecule has 0 aliphatic heterocycles. The molecule has 0 radical (unpaired) electrons. The summed E-state index contributed by atoms with van der Waals surface area (Å²) < 4.78 is 29.8. The third-order valence-corrected chi connectivity index (χ3v) is 5.66. The Morgan fingerprint density at radius 1 is 0.969 bits per heavy atom. The van der Waals surface area contributed by atoms with Crippen molar-refractivity contribution in [2.75, 3.05) is 5.32 Å². The van der Waals surface area contributed by atoms with E-state index in [9.17, 15) is 28.1 Å². The van der Waals surface area contributed by atoms with Crippen LogP contribution >= 0.6 is 0 Å². The van der Waals surface area contributed by atoms with Crippen LogP contribution in [0.5, 0.6) is 5.75 Å². The van der Waals surface area contributed by atoms with E-state index in [4.69, 9.17) is 4.18 Å². The molecule has 12 heteroatoms. The lowest BCUT2D eigenvalue weighted by Gasteiger charge is -2.08. The van der Waals surface area contributed by atoms with Crippen molar-refractivity contribution in [1.82, 2.24) is 9.97 Å². The van der Waals surface area contributed by atoms with Crippen LogP contribution < -0.4 is 15.2 Å². The van der Waals surface area contributed by atoms with Crippen LogP contribution in [0.2, 0.25) is 0 Å². The van der Waals surface area contributed by atoms with Gasteiger partial charge in [0, 0.05) is 23.4 Å². The number of imidazole rings is 1. The molecule has 32 heavy (non-hydrogen) atoms. The fourth-order valence-corrected chi connectivity index (χ4v) is 3.87. The van der Waals surface area contributed by atoms with Crippen molar-refractivity contribution < 1.29 is 22.3 Å². The van der Waals surface area contributed by atoms with E-state index >= 15 is 0 Å². The molecule has 0 aliphatic carbocycles. The molecule has 0 saturated heterocycles. The molecule has 0 unspecified atom stereocenters. The van der Waals surface area contributed by atoms with E-state index in [1.54, 1.807) is 18.2 Å². The van der Waals surface area contributed by atoms with E-state index in [0.29, 0.717) is 16.7 Å². The number of aromatic amines is 2. The summed E-state index contributed by atoms with van der Waals surface area (Å²) in [4.78, 5) is 38.7. The van der Waals surface area contributed by atoms with E-state index in [0.717, 1.165) is 12.1 Å². The number of nitrogens with one attached hydrogen (secondary N) is 3. The SMILES string of the molecule is O=C(Nc1ccc2[nH]c(=O)[nH]c2c1)c1ccc(OS(=O)(=O)c2cccc([N+](=O)[O-])c2)cc1. The van der Waals surface area contributed by atoms with Gasteiger partial charge >= 0.3 is 15.8 Å². The summed E-state index contributed by atoms with van der Waals surface area (Å²) in [5.41, 5.74) is 1.06. The monoisotopic (exact) mass is 454 g/mol. The van der Waals surface area contributed by atoms with Crippen molar-refractivity contribution >= 4 is 38.4 Å². The number of carbonyl (C=O) groups excluding carboxylic acids is 1. The minimum atomic E-state index is -4.31. The minimum absolute atomic E-state index is 0.0700. The van der Waals surface area contributed by atoms with E-state index < -0.39 is 20.9 Å². The first-order valence-electron chi connectivity index (χ1n) is 9.04. The number of hydrogen-bond acceptors (Lipinski definition) is 7. The Labute approximate surface area is 179 Å². The van der Waals surface area contributed by atoms with Crippen LogP contribution in [0.3, 0.4) is 0 Å². The van der Waals surface area contributed by atoms with Crippen LogP contribution in [0.1, 0.15) is 10.4 Å². The molecule has 3 aromatic carbocycles. The zero-order valence-electron chi connectivity index (χ0n) is 16.1. The molecule has 0 bridgehead atoms. The number of aromatic nitrogens is 2. The molecule has 4 rings (SSSR count). The third kappa shape index (κ3) is 4.34. The van der Waals surface area contributed by atoms with Gasteiger partial charge in [-0.2, -0.15) is 8.42 Å².